The van der Waals surface area contributed by atoms with Crippen LogP contribution in [0.25, 0.3) is 0 Å². The highest BCUT2D eigenvalue weighted by Crippen LogP contribution is 1.84. The highest BCUT2D eigenvalue weighted by Gasteiger charge is 1.95. The molecular weight excluding hydrogens is 154 g/mol. The Morgan fingerprint density at radius 2 is 2.40 bits per heavy atom. The fraction of sp³-hybridized carbons (Fsp3) is 0.500. The molecule has 3 nitrogen and oxygen atoms in total. The number of hydrogen-bond acceptors (Lipinski definition) is 2. The van der Waals surface area contributed by atoms with Gasteiger partial charge < -0.3 is 0 Å². The molecule has 0 radical (unpaired) electrons. The molecule has 0 aromatic carbocycles. The summed E-state index contributed by atoms with van der Waals surface area (Å²) >= 11 is 5.15. The minimum absolute atomic E-state index is 0.0871. The van der Waals surface area contributed by atoms with E-state index in [2.05, 4.69) is 16.9 Å². The van der Waals surface area contributed by atoms with Crippen LogP contribution in [0.1, 0.15) is 6.92 Å². The van der Waals surface area contributed by atoms with Crippen molar-refractivity contribution >= 4 is 17.5 Å². The van der Waals surface area contributed by atoms with E-state index in [1.165, 1.54) is 0 Å². The van der Waals surface area contributed by atoms with Crippen LogP contribution in [0, 0.1) is 0 Å². The predicted octanol–water partition coefficient (Wildman–Crippen LogP) is 0.849. The summed E-state index contributed by atoms with van der Waals surface area (Å²) in [6.45, 7) is 5.69. The van der Waals surface area contributed by atoms with Gasteiger partial charge in [0.05, 0.1) is 6.61 Å². The third-order valence-corrected chi connectivity index (χ3v) is 0.869. The van der Waals surface area contributed by atoms with E-state index in [4.69, 9.17) is 11.6 Å². The summed E-state index contributed by atoms with van der Waals surface area (Å²) in [5.74, 6) is -0.432. The van der Waals surface area contributed by atoms with Crippen LogP contribution < -0.4 is 5.48 Å². The van der Waals surface area contributed by atoms with E-state index in [9.17, 15) is 4.79 Å². The van der Waals surface area contributed by atoms with Gasteiger partial charge in [-0.3, -0.25) is 9.63 Å². The van der Waals surface area contributed by atoms with Crippen LogP contribution in [0.5, 0.6) is 0 Å². The number of halogens is 1. The van der Waals surface area contributed by atoms with Crippen molar-refractivity contribution in [3.05, 3.63) is 12.2 Å². The normalized spacial score (nSPS) is 9.00. The minimum atomic E-state index is -0.345. The van der Waals surface area contributed by atoms with Gasteiger partial charge >= 0.3 is 0 Å². The maximum absolute atomic E-state index is 10.4. The summed E-state index contributed by atoms with van der Waals surface area (Å²) in [4.78, 5) is 15.1. The van der Waals surface area contributed by atoms with Crippen molar-refractivity contribution in [2.75, 3.05) is 12.5 Å². The molecule has 0 fully saturated rings. The Kier molecular flexibility index (Phi) is 4.98. The van der Waals surface area contributed by atoms with Gasteiger partial charge in [-0.25, -0.2) is 5.48 Å². The zero-order chi connectivity index (χ0) is 7.98. The summed E-state index contributed by atoms with van der Waals surface area (Å²) in [6, 6.07) is 0. The Labute approximate surface area is 65.0 Å². The van der Waals surface area contributed by atoms with Crippen LogP contribution in [-0.4, -0.2) is 18.4 Å². The van der Waals surface area contributed by atoms with E-state index in [0.29, 0.717) is 6.61 Å². The van der Waals surface area contributed by atoms with E-state index in [-0.39, 0.29) is 11.8 Å². The van der Waals surface area contributed by atoms with Crippen molar-refractivity contribution < 1.29 is 9.63 Å². The Morgan fingerprint density at radius 1 is 1.80 bits per heavy atom. The Bertz CT molecular complexity index is 136. The van der Waals surface area contributed by atoms with Crippen molar-refractivity contribution in [3.63, 3.8) is 0 Å². The summed E-state index contributed by atoms with van der Waals surface area (Å²) in [6.07, 6.45) is 0. The molecule has 1 N–H and O–H groups in total. The molecule has 0 unspecified atom stereocenters. The molecule has 0 heterocycles. The molecule has 0 rings (SSSR count). The van der Waals surface area contributed by atoms with Gasteiger partial charge in [-0.1, -0.05) is 12.2 Å². The quantitative estimate of drug-likeness (QED) is 0.379. The van der Waals surface area contributed by atoms with Crippen molar-refractivity contribution in [2.24, 2.45) is 0 Å². The third-order valence-electron chi connectivity index (χ3n) is 0.626. The smallest absolute Gasteiger partial charge is 0.258 e. The number of alkyl halides is 1. The monoisotopic (exact) mass is 163 g/mol. The number of hydrogen-bond donors (Lipinski definition) is 1. The zero-order valence-electron chi connectivity index (χ0n) is 5.82. The first kappa shape index (κ1) is 9.46. The number of amides is 1. The van der Waals surface area contributed by atoms with Gasteiger partial charge in [-0.15, -0.1) is 11.6 Å². The van der Waals surface area contributed by atoms with Crippen molar-refractivity contribution in [2.45, 2.75) is 6.92 Å². The first-order valence-corrected chi connectivity index (χ1v) is 3.31. The first-order valence-electron chi connectivity index (χ1n) is 2.77. The number of hydroxylamine groups is 1. The lowest BCUT2D eigenvalue weighted by molar-refractivity contribution is -0.130. The van der Waals surface area contributed by atoms with Gasteiger partial charge in [-0.05, 0) is 6.92 Å². The first-order chi connectivity index (χ1) is 4.66. The maximum Gasteiger partial charge on any atom is 0.258 e. The Balaban J connectivity index is 3.20. The van der Waals surface area contributed by atoms with Gasteiger partial charge in [0.2, 0.25) is 0 Å². The van der Waals surface area contributed by atoms with Crippen LogP contribution in [-0.2, 0) is 9.63 Å². The Morgan fingerprint density at radius 3 is 2.80 bits per heavy atom. The molecule has 0 aliphatic rings. The molecule has 0 aliphatic heterocycles. The van der Waals surface area contributed by atoms with E-state index in [0.717, 1.165) is 5.57 Å². The van der Waals surface area contributed by atoms with Gasteiger partial charge in [0.25, 0.3) is 5.91 Å². The largest absolute Gasteiger partial charge is 0.271 e. The topological polar surface area (TPSA) is 38.3 Å². The van der Waals surface area contributed by atoms with Crippen LogP contribution in [0.15, 0.2) is 12.2 Å². The lowest BCUT2D eigenvalue weighted by Crippen LogP contribution is -2.25. The molecule has 0 atom stereocenters. The number of rotatable bonds is 4. The maximum atomic E-state index is 10.4. The molecule has 0 saturated carbocycles. The van der Waals surface area contributed by atoms with Crippen LogP contribution in [0.4, 0.5) is 0 Å². The second-order valence-electron chi connectivity index (χ2n) is 1.90. The molecule has 10 heavy (non-hydrogen) atoms. The molecule has 58 valence electrons. The van der Waals surface area contributed by atoms with Crippen molar-refractivity contribution in [3.8, 4) is 0 Å². The average Bonchev–Trinajstić information content (AvgIpc) is 1.87. The number of nitrogens with one attached hydrogen (secondary N) is 1. The zero-order valence-corrected chi connectivity index (χ0v) is 6.57. The summed E-state index contributed by atoms with van der Waals surface area (Å²) in [5.41, 5.74) is 2.97. The molecule has 0 aliphatic carbocycles. The highest BCUT2D eigenvalue weighted by atomic mass is 35.5. The van der Waals surface area contributed by atoms with E-state index < -0.39 is 0 Å². The van der Waals surface area contributed by atoms with Crippen molar-refractivity contribution in [1.82, 2.24) is 5.48 Å². The highest BCUT2D eigenvalue weighted by molar-refractivity contribution is 6.27. The molecule has 1 amide bonds. The minimum Gasteiger partial charge on any atom is -0.271 e. The summed E-state index contributed by atoms with van der Waals surface area (Å²) < 4.78 is 0. The molecular formula is C6H10ClNO2. The molecule has 4 heteroatoms. The lowest BCUT2D eigenvalue weighted by Gasteiger charge is -2.01. The molecule has 0 aromatic rings. The van der Waals surface area contributed by atoms with Crippen LogP contribution in [0.3, 0.4) is 0 Å². The fourth-order valence-electron chi connectivity index (χ4n) is 0.267. The van der Waals surface area contributed by atoms with Crippen LogP contribution in [0.2, 0.25) is 0 Å². The average molecular weight is 164 g/mol. The number of carbonyl (C=O) groups is 1. The molecule has 0 spiro atoms. The predicted molar refractivity (Wildman–Crippen MR) is 39.6 cm³/mol. The van der Waals surface area contributed by atoms with Gasteiger partial charge in [0, 0.05) is 0 Å². The third kappa shape index (κ3) is 5.59. The van der Waals surface area contributed by atoms with Gasteiger partial charge in [0.1, 0.15) is 5.88 Å². The fourth-order valence-corrected chi connectivity index (χ4v) is 0.322. The van der Waals surface area contributed by atoms with Gasteiger partial charge in [-0.2, -0.15) is 0 Å². The molecule has 0 bridgehead atoms. The molecule has 0 saturated heterocycles. The standard InChI is InChI=1S/C6H10ClNO2/c1-5(2)4-10-8-6(9)3-7/h1,3-4H2,2H3,(H,8,9). The van der Waals surface area contributed by atoms with Crippen molar-refractivity contribution in [1.29, 1.82) is 0 Å². The SMILES string of the molecule is C=C(C)CONC(=O)CCl. The van der Waals surface area contributed by atoms with E-state index >= 15 is 0 Å². The summed E-state index contributed by atoms with van der Waals surface area (Å²) in [7, 11) is 0. The van der Waals surface area contributed by atoms with Crippen LogP contribution >= 0.6 is 11.6 Å². The lowest BCUT2D eigenvalue weighted by atomic mass is 10.4. The van der Waals surface area contributed by atoms with Gasteiger partial charge in [0.15, 0.2) is 0 Å². The van der Waals surface area contributed by atoms with E-state index in [1.54, 1.807) is 6.92 Å². The summed E-state index contributed by atoms with van der Waals surface area (Å²) in [5, 5.41) is 0. The second-order valence-corrected chi connectivity index (χ2v) is 2.17. The molecule has 0 aromatic heterocycles. The van der Waals surface area contributed by atoms with E-state index in [1.807, 2.05) is 0 Å². The Hall–Kier alpha value is -0.540. The second kappa shape index (κ2) is 5.26. The number of carbonyl (C=O) groups excluding carboxylic acids is 1.